The predicted octanol–water partition coefficient (Wildman–Crippen LogP) is 9.00. The Kier molecular flexibility index (Phi) is 7.50. The summed E-state index contributed by atoms with van der Waals surface area (Å²) < 4.78 is 13.2. The van der Waals surface area contributed by atoms with Gasteiger partial charge < -0.3 is 8.85 Å². The van der Waals surface area contributed by atoms with Crippen molar-refractivity contribution in [1.29, 1.82) is 0 Å². The van der Waals surface area contributed by atoms with Crippen LogP contribution in [-0.2, 0) is 8.85 Å². The molecule has 0 aromatic heterocycles. The van der Waals surface area contributed by atoms with Crippen LogP contribution in [0.3, 0.4) is 0 Å². The molecule has 4 aliphatic rings. The summed E-state index contributed by atoms with van der Waals surface area (Å²) >= 11 is 12.4. The zero-order chi connectivity index (χ0) is 28.7. The lowest BCUT2D eigenvalue weighted by Crippen LogP contribution is -2.63. The normalized spacial score (nSPS) is 11.9. The Labute approximate surface area is 253 Å². The number of benzene rings is 2. The Morgan fingerprint density at radius 1 is 0.463 bits per heavy atom. The van der Waals surface area contributed by atoms with E-state index in [1.807, 2.05) is 24.3 Å². The Bertz CT molecular complexity index is 1660. The summed E-state index contributed by atoms with van der Waals surface area (Å²) in [4.78, 5) is 0. The average molecular weight is 594 g/mol. The fourth-order valence-corrected chi connectivity index (χ4v) is 10.1. The third kappa shape index (κ3) is 4.68. The lowest BCUT2D eigenvalue weighted by Gasteiger charge is -2.30. The summed E-state index contributed by atoms with van der Waals surface area (Å²) in [6.45, 7) is 4.33. The van der Waals surface area contributed by atoms with Crippen LogP contribution in [0.15, 0.2) is 109 Å². The van der Waals surface area contributed by atoms with Crippen LogP contribution in [0.4, 0.5) is 0 Å². The molecule has 0 spiro atoms. The highest BCUT2D eigenvalue weighted by Crippen LogP contribution is 2.39. The van der Waals surface area contributed by atoms with Crippen LogP contribution in [0.1, 0.15) is 11.1 Å². The van der Waals surface area contributed by atoms with E-state index in [0.29, 0.717) is 0 Å². The molecule has 2 aromatic carbocycles. The molecule has 41 heavy (non-hydrogen) atoms. The number of halogens is 2. The molecular formula is C36H30Cl2O2Si. The van der Waals surface area contributed by atoms with Crippen LogP contribution in [0, 0.1) is 13.8 Å². The van der Waals surface area contributed by atoms with E-state index in [-0.39, 0.29) is 0 Å². The minimum atomic E-state index is -3.19. The largest absolute Gasteiger partial charge is 0.408 e. The van der Waals surface area contributed by atoms with Crippen molar-refractivity contribution in [3.8, 4) is 44.5 Å². The van der Waals surface area contributed by atoms with Crippen molar-refractivity contribution in [1.82, 2.24) is 0 Å². The van der Waals surface area contributed by atoms with Gasteiger partial charge in [-0.15, -0.1) is 0 Å². The fourth-order valence-electron chi connectivity index (χ4n) is 6.26. The van der Waals surface area contributed by atoms with E-state index in [2.05, 4.69) is 98.8 Å². The van der Waals surface area contributed by atoms with E-state index in [4.69, 9.17) is 32.1 Å². The highest BCUT2D eigenvalue weighted by atomic mass is 35.5. The number of hydrogen-bond acceptors (Lipinski definition) is 2. The van der Waals surface area contributed by atoms with Gasteiger partial charge in [-0.2, -0.15) is 0 Å². The van der Waals surface area contributed by atoms with Gasteiger partial charge in [0.1, 0.15) is 0 Å². The molecule has 0 atom stereocenters. The number of fused-ring (bicyclic) bond motifs is 2. The molecule has 0 fully saturated rings. The monoisotopic (exact) mass is 592 g/mol. The van der Waals surface area contributed by atoms with E-state index in [1.165, 1.54) is 0 Å². The van der Waals surface area contributed by atoms with Gasteiger partial charge in [0.2, 0.25) is 0 Å². The van der Waals surface area contributed by atoms with Gasteiger partial charge in [-0.25, -0.2) is 0 Å². The molecule has 0 amide bonds. The molecule has 4 aliphatic carbocycles. The third-order valence-corrected chi connectivity index (χ3v) is 12.3. The van der Waals surface area contributed by atoms with Crippen LogP contribution in [0.25, 0.3) is 44.5 Å². The molecule has 0 bridgehead atoms. The van der Waals surface area contributed by atoms with Crippen molar-refractivity contribution < 1.29 is 8.85 Å². The van der Waals surface area contributed by atoms with Gasteiger partial charge in [-0.1, -0.05) is 108 Å². The number of aryl methyl sites for hydroxylation is 2. The fraction of sp³-hybridized carbons (Fsp3) is 0.111. The van der Waals surface area contributed by atoms with Crippen molar-refractivity contribution in [2.75, 3.05) is 14.2 Å². The first-order valence-electron chi connectivity index (χ1n) is 13.6. The quantitative estimate of drug-likeness (QED) is 0.180. The van der Waals surface area contributed by atoms with Crippen LogP contribution in [-0.4, -0.2) is 22.8 Å². The maximum Gasteiger partial charge on any atom is 0.408 e. The summed E-state index contributed by atoms with van der Waals surface area (Å²) in [5.74, 6) is 0. The van der Waals surface area contributed by atoms with Crippen LogP contribution in [0.5, 0.6) is 0 Å². The molecule has 0 radical (unpaired) electrons. The first kappa shape index (κ1) is 27.7. The standard InChI is InChI=1S/C36H30Cl2O2Si/c1-23-21-33-29(25-13-17-27(37)18-14-25)9-5-7-11-31(33)35(23)41(39-3,40-4)36-24(2)22-34-30(10-6-8-12-32(34)36)26-15-19-28(38)20-16-26/h5-22H,1-4H3. The number of hydrogen-bond donors (Lipinski definition) is 0. The highest BCUT2D eigenvalue weighted by Gasteiger charge is 2.48. The summed E-state index contributed by atoms with van der Waals surface area (Å²) in [5, 5.41) is 3.72. The van der Waals surface area contributed by atoms with E-state index < -0.39 is 8.56 Å². The van der Waals surface area contributed by atoms with Gasteiger partial charge in [0.25, 0.3) is 0 Å². The Morgan fingerprint density at radius 3 is 1.15 bits per heavy atom. The second kappa shape index (κ2) is 11.1. The van der Waals surface area contributed by atoms with E-state index in [9.17, 15) is 0 Å². The molecule has 0 saturated carbocycles. The predicted molar refractivity (Wildman–Crippen MR) is 176 cm³/mol. The molecule has 0 heterocycles. The third-order valence-electron chi connectivity index (χ3n) is 8.03. The molecule has 0 saturated heterocycles. The molecule has 0 aliphatic heterocycles. The average Bonchev–Trinajstić information content (AvgIpc) is 3.29. The summed E-state index contributed by atoms with van der Waals surface area (Å²) in [6, 6.07) is 37.7. The zero-order valence-electron chi connectivity index (χ0n) is 23.5. The SMILES string of the molecule is CO[Si](OC)(c1c(C)cc2c(-c3ccc(Cl)cc3)ccccc1-2)c1c(C)cc2c(-c3ccc(Cl)cc3)ccccc1-2. The second-order valence-corrected chi connectivity index (χ2v) is 14.3. The maximum absolute atomic E-state index is 6.62. The van der Waals surface area contributed by atoms with Crippen LogP contribution >= 0.6 is 23.2 Å². The number of rotatable bonds is 6. The molecular weight excluding hydrogens is 563 g/mol. The van der Waals surface area contributed by atoms with Crippen molar-refractivity contribution in [3.63, 3.8) is 0 Å². The first-order valence-corrected chi connectivity index (χ1v) is 16.1. The summed E-state index contributed by atoms with van der Waals surface area (Å²) in [5.41, 5.74) is 11.4. The van der Waals surface area contributed by atoms with Crippen molar-refractivity contribution in [3.05, 3.63) is 130 Å². The zero-order valence-corrected chi connectivity index (χ0v) is 26.0. The van der Waals surface area contributed by atoms with E-state index in [0.717, 1.165) is 76.1 Å². The Balaban J connectivity index is 1.59. The van der Waals surface area contributed by atoms with Crippen molar-refractivity contribution in [2.24, 2.45) is 0 Å². The van der Waals surface area contributed by atoms with Crippen LogP contribution in [0.2, 0.25) is 10.0 Å². The molecule has 2 nitrogen and oxygen atoms in total. The van der Waals surface area contributed by atoms with Gasteiger partial charge >= 0.3 is 8.56 Å². The van der Waals surface area contributed by atoms with Crippen LogP contribution < -0.4 is 10.4 Å². The van der Waals surface area contributed by atoms with Crippen molar-refractivity contribution >= 4 is 42.1 Å². The summed E-state index contributed by atoms with van der Waals surface area (Å²) in [6.07, 6.45) is 0. The minimum Gasteiger partial charge on any atom is -0.391 e. The molecule has 6 rings (SSSR count). The minimum absolute atomic E-state index is 0.722. The lowest BCUT2D eigenvalue weighted by molar-refractivity contribution is 0.273. The van der Waals surface area contributed by atoms with Gasteiger partial charge in [-0.3, -0.25) is 0 Å². The molecule has 204 valence electrons. The molecule has 2 aromatic rings. The second-order valence-electron chi connectivity index (χ2n) is 10.4. The van der Waals surface area contributed by atoms with Crippen molar-refractivity contribution in [2.45, 2.75) is 13.8 Å². The Hall–Kier alpha value is -3.44. The topological polar surface area (TPSA) is 18.5 Å². The van der Waals surface area contributed by atoms with Gasteiger partial charge in [-0.05, 0) is 93.7 Å². The highest BCUT2D eigenvalue weighted by molar-refractivity contribution is 6.95. The van der Waals surface area contributed by atoms with Gasteiger partial charge in [0, 0.05) is 34.6 Å². The maximum atomic E-state index is 6.62. The van der Waals surface area contributed by atoms with E-state index >= 15 is 0 Å². The Morgan fingerprint density at radius 2 is 0.805 bits per heavy atom. The van der Waals surface area contributed by atoms with Gasteiger partial charge in [0.15, 0.2) is 0 Å². The van der Waals surface area contributed by atoms with E-state index in [1.54, 1.807) is 14.2 Å². The molecule has 5 heteroatoms. The summed E-state index contributed by atoms with van der Waals surface area (Å²) in [7, 11) is 0.390. The lowest BCUT2D eigenvalue weighted by atomic mass is 10.0. The smallest absolute Gasteiger partial charge is 0.391 e. The first-order chi connectivity index (χ1) is 19.9. The van der Waals surface area contributed by atoms with Gasteiger partial charge in [0.05, 0.1) is 0 Å². The molecule has 0 unspecified atom stereocenters. The molecule has 0 N–H and O–H groups in total.